The fraction of sp³-hybridized carbons (Fsp3) is 0.480. The molecule has 6 nitrogen and oxygen atoms in total. The Morgan fingerprint density at radius 2 is 2.19 bits per heavy atom. The van der Waals surface area contributed by atoms with Crippen molar-refractivity contribution in [3.05, 3.63) is 64.9 Å². The number of amides is 1. The Morgan fingerprint density at radius 1 is 1.38 bits per heavy atom. The molecule has 7 heteroatoms. The van der Waals surface area contributed by atoms with Crippen molar-refractivity contribution in [1.29, 1.82) is 0 Å². The summed E-state index contributed by atoms with van der Waals surface area (Å²) in [6, 6.07) is 11.7. The van der Waals surface area contributed by atoms with Crippen LogP contribution in [0.4, 0.5) is 0 Å². The highest BCUT2D eigenvalue weighted by molar-refractivity contribution is 7.10. The van der Waals surface area contributed by atoms with E-state index in [4.69, 9.17) is 9.47 Å². The molecule has 3 rings (SSSR count). The van der Waals surface area contributed by atoms with E-state index in [1.165, 1.54) is 10.4 Å². The minimum Gasteiger partial charge on any atom is -0.491 e. The zero-order valence-electron chi connectivity index (χ0n) is 18.8. The van der Waals surface area contributed by atoms with Gasteiger partial charge in [0.1, 0.15) is 12.4 Å². The summed E-state index contributed by atoms with van der Waals surface area (Å²) in [5.74, 6) is 0.852. The van der Waals surface area contributed by atoms with Crippen molar-refractivity contribution in [2.75, 3.05) is 46.5 Å². The van der Waals surface area contributed by atoms with Gasteiger partial charge in [-0.15, -0.1) is 17.9 Å². The van der Waals surface area contributed by atoms with Crippen LogP contribution < -0.4 is 4.74 Å². The van der Waals surface area contributed by atoms with Crippen LogP contribution in [0.25, 0.3) is 0 Å². The maximum atomic E-state index is 13.4. The Balaban J connectivity index is 1.68. The van der Waals surface area contributed by atoms with Gasteiger partial charge >= 0.3 is 0 Å². The number of nitrogens with zero attached hydrogens (tertiary/aromatic N) is 2. The summed E-state index contributed by atoms with van der Waals surface area (Å²) in [6.45, 7) is 6.59. The zero-order chi connectivity index (χ0) is 22.8. The summed E-state index contributed by atoms with van der Waals surface area (Å²) in [5, 5.41) is 12.5. The highest BCUT2D eigenvalue weighted by Crippen LogP contribution is 2.34. The van der Waals surface area contributed by atoms with Crippen LogP contribution >= 0.6 is 11.3 Å². The van der Waals surface area contributed by atoms with Gasteiger partial charge in [0.15, 0.2) is 0 Å². The summed E-state index contributed by atoms with van der Waals surface area (Å²) in [6.07, 6.45) is 3.55. The van der Waals surface area contributed by atoms with Crippen molar-refractivity contribution in [2.24, 2.45) is 0 Å². The largest absolute Gasteiger partial charge is 0.491 e. The van der Waals surface area contributed by atoms with Crippen LogP contribution in [-0.4, -0.2) is 73.4 Å². The van der Waals surface area contributed by atoms with Gasteiger partial charge in [0, 0.05) is 31.6 Å². The number of fused-ring (bicyclic) bond motifs is 1. The first-order chi connectivity index (χ1) is 15.6. The highest BCUT2D eigenvalue weighted by atomic mass is 32.1. The molecule has 2 unspecified atom stereocenters. The minimum atomic E-state index is -0.500. The second-order valence-corrected chi connectivity index (χ2v) is 9.02. The van der Waals surface area contributed by atoms with Crippen molar-refractivity contribution in [1.82, 2.24) is 9.80 Å². The van der Waals surface area contributed by atoms with Gasteiger partial charge in [-0.3, -0.25) is 9.69 Å². The van der Waals surface area contributed by atoms with E-state index >= 15 is 0 Å². The van der Waals surface area contributed by atoms with Crippen molar-refractivity contribution < 1.29 is 19.4 Å². The van der Waals surface area contributed by atoms with Gasteiger partial charge in [-0.05, 0) is 48.4 Å². The highest BCUT2D eigenvalue weighted by Gasteiger charge is 2.33. The molecule has 0 fully saturated rings. The molecule has 2 aromatic rings. The van der Waals surface area contributed by atoms with Crippen LogP contribution in [0.15, 0.2) is 54.4 Å². The summed E-state index contributed by atoms with van der Waals surface area (Å²) in [7, 11) is 1.65. The van der Waals surface area contributed by atoms with E-state index in [9.17, 15) is 9.90 Å². The number of hydrogen-bond acceptors (Lipinski definition) is 6. The van der Waals surface area contributed by atoms with Crippen molar-refractivity contribution in [3.63, 3.8) is 0 Å². The third-order valence-corrected chi connectivity index (χ3v) is 6.71. The number of ether oxygens (including phenoxy) is 2. The van der Waals surface area contributed by atoms with E-state index in [1.807, 2.05) is 40.1 Å². The maximum Gasteiger partial charge on any atom is 0.237 e. The Hall–Kier alpha value is -2.19. The van der Waals surface area contributed by atoms with Gasteiger partial charge in [-0.25, -0.2) is 0 Å². The molecule has 1 amide bonds. The van der Waals surface area contributed by atoms with Gasteiger partial charge < -0.3 is 19.5 Å². The van der Waals surface area contributed by atoms with E-state index < -0.39 is 6.10 Å². The number of carbonyl (C=O) groups excluding carboxylic acids is 1. The molecule has 1 aromatic carbocycles. The normalized spacial score (nSPS) is 16.6. The van der Waals surface area contributed by atoms with Crippen LogP contribution in [0.3, 0.4) is 0 Å². The van der Waals surface area contributed by atoms with Crippen molar-refractivity contribution >= 4 is 17.2 Å². The number of aliphatic hydroxyl groups excluding tert-OH is 1. The van der Waals surface area contributed by atoms with Crippen LogP contribution in [0.1, 0.15) is 29.3 Å². The van der Waals surface area contributed by atoms with E-state index in [2.05, 4.69) is 18.0 Å². The van der Waals surface area contributed by atoms with E-state index in [0.29, 0.717) is 39.3 Å². The van der Waals surface area contributed by atoms with Gasteiger partial charge in [-0.1, -0.05) is 24.3 Å². The number of benzene rings is 1. The number of rotatable bonds is 13. The number of allylic oxidation sites excluding steroid dienone is 1. The average Bonchev–Trinajstić information content (AvgIpc) is 3.29. The molecule has 2 heterocycles. The third kappa shape index (κ3) is 6.90. The molecule has 32 heavy (non-hydrogen) atoms. The van der Waals surface area contributed by atoms with Crippen molar-refractivity contribution in [2.45, 2.75) is 31.4 Å². The predicted octanol–water partition coefficient (Wildman–Crippen LogP) is 3.53. The molecular formula is C25H34N2O4S. The lowest BCUT2D eigenvalue weighted by molar-refractivity contribution is -0.136. The molecule has 1 aliphatic rings. The SMILES string of the molecule is C=CCCC(O)CN(CCOC)CC(=O)N1CCc2sccc2C1COc1ccccc1. The number of para-hydroxylation sites is 1. The number of methoxy groups -OCH3 is 1. The second kappa shape index (κ2) is 12.7. The average molecular weight is 459 g/mol. The lowest BCUT2D eigenvalue weighted by Gasteiger charge is -2.37. The van der Waals surface area contributed by atoms with E-state index in [-0.39, 0.29) is 18.5 Å². The third-order valence-electron chi connectivity index (χ3n) is 5.71. The molecule has 0 radical (unpaired) electrons. The molecule has 0 saturated heterocycles. The first-order valence-electron chi connectivity index (χ1n) is 11.2. The maximum absolute atomic E-state index is 13.4. The van der Waals surface area contributed by atoms with Crippen LogP contribution in [0.2, 0.25) is 0 Å². The summed E-state index contributed by atoms with van der Waals surface area (Å²) in [4.78, 5) is 18.7. The lowest BCUT2D eigenvalue weighted by Crippen LogP contribution is -2.48. The molecule has 174 valence electrons. The fourth-order valence-corrected chi connectivity index (χ4v) is 4.93. The van der Waals surface area contributed by atoms with E-state index in [1.54, 1.807) is 24.5 Å². The molecule has 1 aromatic heterocycles. The van der Waals surface area contributed by atoms with Crippen LogP contribution in [0, 0.1) is 0 Å². The predicted molar refractivity (Wildman–Crippen MR) is 128 cm³/mol. The second-order valence-electron chi connectivity index (χ2n) is 8.02. The molecule has 0 bridgehead atoms. The fourth-order valence-electron chi connectivity index (χ4n) is 4.00. The first-order valence-corrected chi connectivity index (χ1v) is 12.0. The Bertz CT molecular complexity index is 841. The minimum absolute atomic E-state index is 0.0514. The molecular weight excluding hydrogens is 424 g/mol. The summed E-state index contributed by atoms with van der Waals surface area (Å²) < 4.78 is 11.3. The molecule has 1 N–H and O–H groups in total. The quantitative estimate of drug-likeness (QED) is 0.466. The standard InChI is InChI=1S/C25H34N2O4S/c1-3-4-8-20(28)17-26(14-15-30-2)18-25(29)27-13-11-24-22(12-16-32-24)23(27)19-31-21-9-6-5-7-10-21/h3,5-7,9-10,12,16,20,23,28H,1,4,8,11,13-15,17-19H2,2H3. The molecule has 0 saturated carbocycles. The van der Waals surface area contributed by atoms with Gasteiger partial charge in [0.05, 0.1) is 25.3 Å². The number of carbonyl (C=O) groups is 1. The molecule has 2 atom stereocenters. The van der Waals surface area contributed by atoms with Crippen molar-refractivity contribution in [3.8, 4) is 5.75 Å². The van der Waals surface area contributed by atoms with Gasteiger partial charge in [0.25, 0.3) is 0 Å². The van der Waals surface area contributed by atoms with Gasteiger partial charge in [0.2, 0.25) is 5.91 Å². The van der Waals surface area contributed by atoms with Crippen LogP contribution in [-0.2, 0) is 16.0 Å². The zero-order valence-corrected chi connectivity index (χ0v) is 19.6. The van der Waals surface area contributed by atoms with E-state index in [0.717, 1.165) is 18.6 Å². The Morgan fingerprint density at radius 3 is 2.94 bits per heavy atom. The van der Waals surface area contributed by atoms with Gasteiger partial charge in [-0.2, -0.15) is 0 Å². The summed E-state index contributed by atoms with van der Waals surface area (Å²) in [5.41, 5.74) is 1.18. The summed E-state index contributed by atoms with van der Waals surface area (Å²) >= 11 is 1.74. The number of hydrogen-bond donors (Lipinski definition) is 1. The van der Waals surface area contributed by atoms with Crippen LogP contribution in [0.5, 0.6) is 5.75 Å². The topological polar surface area (TPSA) is 62.2 Å². The molecule has 1 aliphatic heterocycles. The Labute approximate surface area is 195 Å². The Kier molecular flexibility index (Phi) is 9.74. The number of thiophene rings is 1. The first kappa shape index (κ1) is 24.5. The lowest BCUT2D eigenvalue weighted by atomic mass is 10.0. The monoisotopic (exact) mass is 458 g/mol. The molecule has 0 aliphatic carbocycles. The number of aliphatic hydroxyl groups is 1. The molecule has 0 spiro atoms. The smallest absolute Gasteiger partial charge is 0.237 e.